The molecule has 5 nitrogen and oxygen atoms in total. The van der Waals surface area contributed by atoms with Gasteiger partial charge in [0.2, 0.25) is 0 Å². The number of nitrogen functional groups attached to an aromatic ring is 1. The topological polar surface area (TPSA) is 69.6 Å². The molecular weight excluding hydrogens is 257 g/mol. The molecule has 1 heterocycles. The number of hydrogen-bond donors (Lipinski definition) is 1. The third-order valence-corrected chi connectivity index (χ3v) is 4.02. The number of nitrogens with zero attached hydrogens (tertiary/aromatic N) is 4. The molecule has 1 aliphatic rings. The van der Waals surface area contributed by atoms with Gasteiger partial charge in [-0.3, -0.25) is 0 Å². The predicted octanol–water partition coefficient (Wildman–Crippen LogP) is 2.73. The molecule has 106 valence electrons. The van der Waals surface area contributed by atoms with Gasteiger partial charge in [-0.15, -0.1) is 5.10 Å². The van der Waals surface area contributed by atoms with Crippen LogP contribution in [-0.4, -0.2) is 20.2 Å². The zero-order valence-corrected chi connectivity index (χ0v) is 11.7. The van der Waals surface area contributed by atoms with Crippen LogP contribution in [0.1, 0.15) is 37.8 Å². The van der Waals surface area contributed by atoms with Gasteiger partial charge in [-0.25, -0.2) is 9.07 Å². The van der Waals surface area contributed by atoms with Crippen molar-refractivity contribution in [3.05, 3.63) is 23.5 Å². The summed E-state index contributed by atoms with van der Waals surface area (Å²) in [6.45, 7) is 3.91. The molecule has 2 unspecified atom stereocenters. The van der Waals surface area contributed by atoms with Gasteiger partial charge in [0.05, 0.1) is 11.6 Å². The molecule has 0 aliphatic heterocycles. The summed E-state index contributed by atoms with van der Waals surface area (Å²) >= 11 is 0. The van der Waals surface area contributed by atoms with Crippen molar-refractivity contribution in [3.8, 4) is 11.4 Å². The summed E-state index contributed by atoms with van der Waals surface area (Å²) in [7, 11) is 0. The number of nitrogens with two attached hydrogens (primary N) is 1. The quantitative estimate of drug-likeness (QED) is 0.855. The lowest BCUT2D eigenvalue weighted by molar-refractivity contribution is 0.442. The molecule has 2 aromatic rings. The van der Waals surface area contributed by atoms with E-state index in [1.165, 1.54) is 0 Å². The number of tetrazole rings is 1. The first-order valence-electron chi connectivity index (χ1n) is 6.90. The van der Waals surface area contributed by atoms with E-state index in [0.29, 0.717) is 28.6 Å². The molecule has 20 heavy (non-hydrogen) atoms. The standard InChI is InChI=1S/C14H18FN5/c1-8-3-4-11(5-8)20-14(17-18-19-20)12-7-10(16)6-9(2)13(12)15/h6-8,11H,3-5,16H2,1-2H3. The summed E-state index contributed by atoms with van der Waals surface area (Å²) in [5.74, 6) is 0.822. The Morgan fingerprint density at radius 3 is 2.85 bits per heavy atom. The second-order valence-corrected chi connectivity index (χ2v) is 5.72. The van der Waals surface area contributed by atoms with E-state index in [1.54, 1.807) is 23.7 Å². The number of benzene rings is 1. The zero-order valence-electron chi connectivity index (χ0n) is 11.7. The molecule has 1 fully saturated rings. The van der Waals surface area contributed by atoms with Gasteiger partial charge in [-0.05, 0) is 60.2 Å². The lowest BCUT2D eigenvalue weighted by atomic mass is 10.1. The van der Waals surface area contributed by atoms with E-state index in [0.717, 1.165) is 19.3 Å². The molecule has 1 aromatic carbocycles. The lowest BCUT2D eigenvalue weighted by Crippen LogP contribution is -2.10. The minimum absolute atomic E-state index is 0.246. The molecule has 6 heteroatoms. The van der Waals surface area contributed by atoms with Crippen molar-refractivity contribution in [3.63, 3.8) is 0 Å². The molecule has 1 saturated carbocycles. The molecule has 3 rings (SSSR count). The minimum Gasteiger partial charge on any atom is -0.399 e. The van der Waals surface area contributed by atoms with Gasteiger partial charge < -0.3 is 5.73 Å². The average Bonchev–Trinajstić information content (AvgIpc) is 3.01. The van der Waals surface area contributed by atoms with Gasteiger partial charge in [0.25, 0.3) is 0 Å². The van der Waals surface area contributed by atoms with Crippen LogP contribution in [0.3, 0.4) is 0 Å². The average molecular weight is 275 g/mol. The SMILES string of the molecule is Cc1cc(N)cc(-c2nnnn2C2CCC(C)C2)c1F. The molecule has 0 radical (unpaired) electrons. The molecule has 0 spiro atoms. The van der Waals surface area contributed by atoms with Crippen molar-refractivity contribution < 1.29 is 4.39 Å². The van der Waals surface area contributed by atoms with Gasteiger partial charge in [0.15, 0.2) is 5.82 Å². The Hall–Kier alpha value is -1.98. The summed E-state index contributed by atoms with van der Waals surface area (Å²) in [5, 5.41) is 11.8. The highest BCUT2D eigenvalue weighted by Crippen LogP contribution is 2.36. The Bertz CT molecular complexity index is 636. The van der Waals surface area contributed by atoms with Gasteiger partial charge in [0.1, 0.15) is 5.82 Å². The summed E-state index contributed by atoms with van der Waals surface area (Å²) in [6, 6.07) is 3.46. The molecular formula is C14H18FN5. The minimum atomic E-state index is -0.304. The first-order valence-corrected chi connectivity index (χ1v) is 6.90. The second kappa shape index (κ2) is 4.85. The molecule has 2 N–H and O–H groups in total. The van der Waals surface area contributed by atoms with Crippen LogP contribution < -0.4 is 5.73 Å². The summed E-state index contributed by atoms with van der Waals surface area (Å²) < 4.78 is 16.1. The number of halogens is 1. The smallest absolute Gasteiger partial charge is 0.185 e. The van der Waals surface area contributed by atoms with Crippen molar-refractivity contribution in [1.82, 2.24) is 20.2 Å². The maximum atomic E-state index is 14.3. The monoisotopic (exact) mass is 275 g/mol. The van der Waals surface area contributed by atoms with E-state index in [-0.39, 0.29) is 11.9 Å². The van der Waals surface area contributed by atoms with Crippen molar-refractivity contribution in [2.24, 2.45) is 5.92 Å². The van der Waals surface area contributed by atoms with Crippen molar-refractivity contribution in [2.45, 2.75) is 39.2 Å². The van der Waals surface area contributed by atoms with Crippen molar-refractivity contribution in [2.75, 3.05) is 5.73 Å². The number of aromatic nitrogens is 4. The van der Waals surface area contributed by atoms with E-state index in [4.69, 9.17) is 5.73 Å². The van der Waals surface area contributed by atoms with E-state index in [1.807, 2.05) is 0 Å². The van der Waals surface area contributed by atoms with Crippen LogP contribution in [0.5, 0.6) is 0 Å². The van der Waals surface area contributed by atoms with Crippen LogP contribution in [-0.2, 0) is 0 Å². The first-order chi connectivity index (χ1) is 9.56. The lowest BCUT2D eigenvalue weighted by Gasteiger charge is -2.13. The number of anilines is 1. The molecule has 0 bridgehead atoms. The Balaban J connectivity index is 2.06. The van der Waals surface area contributed by atoms with Crippen LogP contribution in [0.4, 0.5) is 10.1 Å². The van der Waals surface area contributed by atoms with Crippen LogP contribution in [0.2, 0.25) is 0 Å². The zero-order chi connectivity index (χ0) is 14.3. The molecule has 1 aromatic heterocycles. The van der Waals surface area contributed by atoms with Gasteiger partial charge in [0, 0.05) is 5.69 Å². The Labute approximate surface area is 117 Å². The maximum absolute atomic E-state index is 14.3. The summed E-state index contributed by atoms with van der Waals surface area (Å²) in [5.41, 5.74) is 7.23. The largest absolute Gasteiger partial charge is 0.399 e. The number of rotatable bonds is 2. The van der Waals surface area contributed by atoms with Crippen LogP contribution in [0, 0.1) is 18.7 Å². The maximum Gasteiger partial charge on any atom is 0.185 e. The summed E-state index contributed by atoms with van der Waals surface area (Å²) in [6.07, 6.45) is 3.21. The fourth-order valence-electron chi connectivity index (χ4n) is 2.98. The van der Waals surface area contributed by atoms with E-state index >= 15 is 0 Å². The van der Waals surface area contributed by atoms with Crippen LogP contribution in [0.25, 0.3) is 11.4 Å². The van der Waals surface area contributed by atoms with Gasteiger partial charge >= 0.3 is 0 Å². The third kappa shape index (κ3) is 2.15. The van der Waals surface area contributed by atoms with Crippen molar-refractivity contribution >= 4 is 5.69 Å². The Morgan fingerprint density at radius 1 is 1.35 bits per heavy atom. The van der Waals surface area contributed by atoms with E-state index in [9.17, 15) is 4.39 Å². The molecule has 1 aliphatic carbocycles. The van der Waals surface area contributed by atoms with Crippen LogP contribution >= 0.6 is 0 Å². The molecule has 0 saturated heterocycles. The number of aryl methyl sites for hydroxylation is 1. The Morgan fingerprint density at radius 2 is 2.15 bits per heavy atom. The number of hydrogen-bond acceptors (Lipinski definition) is 4. The second-order valence-electron chi connectivity index (χ2n) is 5.72. The summed E-state index contributed by atoms with van der Waals surface area (Å²) in [4.78, 5) is 0. The fourth-order valence-corrected chi connectivity index (χ4v) is 2.98. The fraction of sp³-hybridized carbons (Fsp3) is 0.500. The first kappa shape index (κ1) is 13.0. The third-order valence-electron chi connectivity index (χ3n) is 4.02. The molecule has 0 amide bonds. The highest BCUT2D eigenvalue weighted by atomic mass is 19.1. The van der Waals surface area contributed by atoms with E-state index in [2.05, 4.69) is 22.4 Å². The predicted molar refractivity (Wildman–Crippen MR) is 74.4 cm³/mol. The normalized spacial score (nSPS) is 22.4. The highest BCUT2D eigenvalue weighted by molar-refractivity contribution is 5.63. The van der Waals surface area contributed by atoms with Crippen LogP contribution in [0.15, 0.2) is 12.1 Å². The van der Waals surface area contributed by atoms with Gasteiger partial charge in [-0.1, -0.05) is 6.92 Å². The molecule has 2 atom stereocenters. The Kier molecular flexibility index (Phi) is 3.16. The van der Waals surface area contributed by atoms with E-state index < -0.39 is 0 Å². The highest BCUT2D eigenvalue weighted by Gasteiger charge is 2.27. The van der Waals surface area contributed by atoms with Gasteiger partial charge in [-0.2, -0.15) is 0 Å². The van der Waals surface area contributed by atoms with Crippen molar-refractivity contribution in [1.29, 1.82) is 0 Å².